The van der Waals surface area contributed by atoms with Crippen LogP contribution in [-0.4, -0.2) is 36.4 Å². The lowest BCUT2D eigenvalue weighted by molar-refractivity contribution is 0.0511. The first kappa shape index (κ1) is 16.6. The fourth-order valence-electron chi connectivity index (χ4n) is 1.25. The molecule has 1 aromatic rings. The van der Waals surface area contributed by atoms with E-state index in [4.69, 9.17) is 13.7 Å². The normalized spacial score (nSPS) is 9.95. The predicted octanol–water partition coefficient (Wildman–Crippen LogP) is 2.74. The van der Waals surface area contributed by atoms with E-state index in [-0.39, 0.29) is 24.6 Å². The quantitative estimate of drug-likeness (QED) is 0.432. The van der Waals surface area contributed by atoms with Gasteiger partial charge in [-0.25, -0.2) is 14.6 Å². The molecule has 0 N–H and O–H groups in total. The first-order chi connectivity index (χ1) is 9.62. The number of ether oxygens (including phenoxy) is 2. The molecule has 0 saturated heterocycles. The molecule has 20 heavy (non-hydrogen) atoms. The zero-order valence-electron chi connectivity index (χ0n) is 11.4. The molecule has 0 amide bonds. The molecular formula is C12H15NO5S2. The van der Waals surface area contributed by atoms with Gasteiger partial charge < -0.3 is 13.7 Å². The molecule has 0 unspecified atom stereocenters. The third kappa shape index (κ3) is 4.93. The van der Waals surface area contributed by atoms with Gasteiger partial charge in [0.05, 0.1) is 13.2 Å². The Morgan fingerprint density at radius 1 is 1.10 bits per heavy atom. The van der Waals surface area contributed by atoms with E-state index in [0.29, 0.717) is 5.75 Å². The Labute approximate surface area is 125 Å². The van der Waals surface area contributed by atoms with E-state index in [0.717, 1.165) is 11.1 Å². The van der Waals surface area contributed by atoms with Gasteiger partial charge in [-0.05, 0) is 20.1 Å². The smallest absolute Gasteiger partial charge is 0.357 e. The van der Waals surface area contributed by atoms with Gasteiger partial charge in [-0.3, -0.25) is 0 Å². The molecule has 1 aromatic heterocycles. The van der Waals surface area contributed by atoms with Crippen molar-refractivity contribution in [3.05, 3.63) is 23.5 Å². The molecule has 0 bridgehead atoms. The number of carbonyl (C=O) groups is 2. The van der Waals surface area contributed by atoms with Crippen molar-refractivity contribution >= 4 is 33.8 Å². The highest BCUT2D eigenvalue weighted by atomic mass is 33.1. The second kappa shape index (κ2) is 8.70. The predicted molar refractivity (Wildman–Crippen MR) is 77.9 cm³/mol. The van der Waals surface area contributed by atoms with Crippen LogP contribution in [0.4, 0.5) is 0 Å². The van der Waals surface area contributed by atoms with Crippen molar-refractivity contribution < 1.29 is 23.2 Å². The van der Waals surface area contributed by atoms with Crippen molar-refractivity contribution in [3.8, 4) is 5.75 Å². The zero-order valence-corrected chi connectivity index (χ0v) is 13.0. The minimum atomic E-state index is -0.613. The second-order valence-corrected chi connectivity index (χ2v) is 5.38. The minimum absolute atomic E-state index is 0.00843. The number of aromatic nitrogens is 1. The van der Waals surface area contributed by atoms with Crippen LogP contribution in [0, 0.1) is 0 Å². The van der Waals surface area contributed by atoms with Crippen LogP contribution in [0.3, 0.4) is 0 Å². The summed E-state index contributed by atoms with van der Waals surface area (Å²) in [6.45, 7) is 3.82. The maximum absolute atomic E-state index is 11.7. The Hall–Kier alpha value is -1.41. The molecule has 0 aliphatic rings. The Balaban J connectivity index is 3.06. The van der Waals surface area contributed by atoms with Crippen LogP contribution < -0.4 is 4.18 Å². The molecule has 110 valence electrons. The van der Waals surface area contributed by atoms with Gasteiger partial charge in [-0.2, -0.15) is 0 Å². The molecule has 1 rings (SSSR count). The van der Waals surface area contributed by atoms with E-state index in [9.17, 15) is 9.59 Å². The lowest BCUT2D eigenvalue weighted by Gasteiger charge is -2.08. The Bertz CT molecular complexity index is 445. The standard InChI is InChI=1S/C12H15NO5S2/c1-4-16-11(14)9-6-8(18-20-19-3)7-10(13-9)12(15)17-5-2/h6-7H,4-5H2,1-3H3. The SMILES string of the molecule is CCOC(=O)c1cc(OSSC)cc(C(=O)OCC)n1. The van der Waals surface area contributed by atoms with Crippen molar-refractivity contribution in [1.29, 1.82) is 0 Å². The molecule has 0 saturated carbocycles. The molecule has 0 fully saturated rings. The number of carbonyl (C=O) groups excluding carboxylic acids is 2. The fraction of sp³-hybridized carbons (Fsp3) is 0.417. The fourth-order valence-corrected chi connectivity index (χ4v) is 1.93. The highest BCUT2D eigenvalue weighted by molar-refractivity contribution is 8.74. The molecule has 0 atom stereocenters. The monoisotopic (exact) mass is 317 g/mol. The molecule has 8 heteroatoms. The molecule has 0 spiro atoms. The molecule has 1 heterocycles. The van der Waals surface area contributed by atoms with Crippen molar-refractivity contribution in [3.63, 3.8) is 0 Å². The zero-order chi connectivity index (χ0) is 15.0. The number of rotatable bonds is 7. The third-order valence-electron chi connectivity index (χ3n) is 1.97. The molecule has 0 aliphatic heterocycles. The second-order valence-electron chi connectivity index (χ2n) is 3.33. The van der Waals surface area contributed by atoms with Gasteiger partial charge in [0, 0.05) is 12.1 Å². The number of hydrogen-bond acceptors (Lipinski definition) is 8. The summed E-state index contributed by atoms with van der Waals surface area (Å²) in [6.07, 6.45) is 1.84. The topological polar surface area (TPSA) is 74.7 Å². The van der Waals surface area contributed by atoms with Crippen molar-refractivity contribution in [2.24, 2.45) is 0 Å². The van der Waals surface area contributed by atoms with E-state index in [1.807, 2.05) is 6.26 Å². The summed E-state index contributed by atoms with van der Waals surface area (Å²) in [7, 11) is 1.39. The Morgan fingerprint density at radius 3 is 2.00 bits per heavy atom. The maximum atomic E-state index is 11.7. The third-order valence-corrected chi connectivity index (χ3v) is 2.98. The van der Waals surface area contributed by atoms with Crippen LogP contribution in [0.25, 0.3) is 0 Å². The van der Waals surface area contributed by atoms with E-state index in [2.05, 4.69) is 4.98 Å². The molecule has 0 aromatic carbocycles. The summed E-state index contributed by atoms with van der Waals surface area (Å²) < 4.78 is 15.0. The van der Waals surface area contributed by atoms with Gasteiger partial charge in [0.1, 0.15) is 16.8 Å². The highest BCUT2D eigenvalue weighted by Gasteiger charge is 2.17. The van der Waals surface area contributed by atoms with Crippen LogP contribution in [0.15, 0.2) is 12.1 Å². The lowest BCUT2D eigenvalue weighted by Crippen LogP contribution is -2.13. The lowest BCUT2D eigenvalue weighted by atomic mass is 10.3. The first-order valence-electron chi connectivity index (χ1n) is 5.86. The van der Waals surface area contributed by atoms with Gasteiger partial charge in [0.15, 0.2) is 11.4 Å². The molecule has 6 nitrogen and oxygen atoms in total. The van der Waals surface area contributed by atoms with Gasteiger partial charge >= 0.3 is 11.9 Å². The van der Waals surface area contributed by atoms with Crippen molar-refractivity contribution in [1.82, 2.24) is 4.98 Å². The van der Waals surface area contributed by atoms with Crippen molar-refractivity contribution in [2.45, 2.75) is 13.8 Å². The summed E-state index contributed by atoms with van der Waals surface area (Å²) >= 11 is 1.11. The van der Waals surface area contributed by atoms with Crippen LogP contribution in [-0.2, 0) is 9.47 Å². The highest BCUT2D eigenvalue weighted by Crippen LogP contribution is 2.25. The van der Waals surface area contributed by atoms with E-state index in [1.165, 1.54) is 22.9 Å². The van der Waals surface area contributed by atoms with Crippen LogP contribution in [0.5, 0.6) is 5.75 Å². The number of hydrogen-bond donors (Lipinski definition) is 0. The molecular weight excluding hydrogens is 302 g/mol. The number of pyridine rings is 1. The summed E-state index contributed by atoms with van der Waals surface area (Å²) in [5, 5.41) is 0. The van der Waals surface area contributed by atoms with E-state index in [1.54, 1.807) is 13.8 Å². The Morgan fingerprint density at radius 2 is 1.60 bits per heavy atom. The van der Waals surface area contributed by atoms with Crippen molar-refractivity contribution in [2.75, 3.05) is 19.5 Å². The van der Waals surface area contributed by atoms with Gasteiger partial charge in [-0.1, -0.05) is 10.8 Å². The minimum Gasteiger partial charge on any atom is -0.461 e. The van der Waals surface area contributed by atoms with Gasteiger partial charge in [0.25, 0.3) is 0 Å². The maximum Gasteiger partial charge on any atom is 0.357 e. The average Bonchev–Trinajstić information content (AvgIpc) is 2.45. The van der Waals surface area contributed by atoms with Crippen LogP contribution in [0.1, 0.15) is 34.8 Å². The van der Waals surface area contributed by atoms with Gasteiger partial charge in [-0.15, -0.1) is 0 Å². The van der Waals surface area contributed by atoms with Crippen LogP contribution >= 0.6 is 21.9 Å². The van der Waals surface area contributed by atoms with Gasteiger partial charge in [0.2, 0.25) is 0 Å². The number of nitrogens with zero attached hydrogens (tertiary/aromatic N) is 1. The number of esters is 2. The summed E-state index contributed by atoms with van der Waals surface area (Å²) in [5.74, 6) is -0.888. The molecule has 0 aliphatic carbocycles. The molecule has 0 radical (unpaired) electrons. The summed E-state index contributed by atoms with van der Waals surface area (Å²) in [4.78, 5) is 27.3. The average molecular weight is 317 g/mol. The van der Waals surface area contributed by atoms with E-state index >= 15 is 0 Å². The summed E-state index contributed by atoms with van der Waals surface area (Å²) in [6, 6.07) is 2.84. The largest absolute Gasteiger partial charge is 0.461 e. The van der Waals surface area contributed by atoms with Crippen LogP contribution in [0.2, 0.25) is 0 Å². The first-order valence-corrected chi connectivity index (χ1v) is 8.34. The Kier molecular flexibility index (Phi) is 7.24. The summed E-state index contributed by atoms with van der Waals surface area (Å²) in [5.41, 5.74) is 0.0169. The van der Waals surface area contributed by atoms with E-state index < -0.39 is 11.9 Å².